The minimum Gasteiger partial charge on any atom is -0.429 e. The average molecular weight is 959 g/mol. The molecular weight excluding hydrogens is 897 g/mol. The molecule has 0 unspecified atom stereocenters. The van der Waals surface area contributed by atoms with Crippen LogP contribution in [-0.2, 0) is 63.7 Å². The van der Waals surface area contributed by atoms with E-state index in [1.165, 1.54) is 36.4 Å². The fraction of sp³-hybridized carbons (Fsp3) is 0.533. The monoisotopic (exact) mass is 958 g/mol. The molecule has 2 atom stereocenters. The number of hydrogen-bond donors (Lipinski definition) is 4. The number of hydrogen-bond acceptors (Lipinski definition) is 17. The number of ketones is 1. The van der Waals surface area contributed by atoms with E-state index in [9.17, 15) is 43.7 Å². The summed E-state index contributed by atoms with van der Waals surface area (Å²) in [5.74, 6) is -2.93. The van der Waals surface area contributed by atoms with Crippen LogP contribution in [0.4, 0.5) is 21.0 Å². The third-order valence-electron chi connectivity index (χ3n) is 9.70. The Kier molecular flexibility index (Phi) is 26.6. The van der Waals surface area contributed by atoms with Gasteiger partial charge in [-0.05, 0) is 48.6 Å². The van der Waals surface area contributed by atoms with Crippen LogP contribution in [0.15, 0.2) is 60.7 Å². The summed E-state index contributed by atoms with van der Waals surface area (Å²) in [5.41, 5.74) is 5.98. The van der Waals surface area contributed by atoms with E-state index >= 15 is 0 Å². The Morgan fingerprint density at radius 3 is 1.78 bits per heavy atom. The third-order valence-corrected chi connectivity index (χ3v) is 9.70. The lowest BCUT2D eigenvalue weighted by atomic mass is 9.89. The molecule has 0 bridgehead atoms. The number of ether oxygens (including phenoxy) is 8. The predicted octanol–water partition coefficient (Wildman–Crippen LogP) is 2.83. The number of nitrogens with two attached hydrogens (primary N) is 1. The quantitative estimate of drug-likeness (QED) is 0.0191. The van der Waals surface area contributed by atoms with Crippen molar-refractivity contribution in [1.29, 1.82) is 0 Å². The molecule has 0 aromatic heterocycles. The van der Waals surface area contributed by atoms with E-state index in [1.54, 1.807) is 38.1 Å². The van der Waals surface area contributed by atoms with Crippen molar-refractivity contribution in [3.63, 3.8) is 0 Å². The number of non-ortho nitro benzene ring substituents is 1. The molecule has 0 saturated heterocycles. The Labute approximate surface area is 393 Å². The number of nitro benzene ring substituents is 1. The number of Topliss-reactive ketones (excluding diaryl/α,β-unsaturated/α-hetero) is 1. The van der Waals surface area contributed by atoms with Crippen LogP contribution in [-0.4, -0.2) is 150 Å². The van der Waals surface area contributed by atoms with Crippen LogP contribution >= 0.6 is 0 Å². The molecule has 68 heavy (non-hydrogen) atoms. The van der Waals surface area contributed by atoms with Gasteiger partial charge in [0, 0.05) is 55.3 Å². The molecule has 2 aromatic rings. The van der Waals surface area contributed by atoms with Crippen LogP contribution in [0.2, 0.25) is 0 Å². The summed E-state index contributed by atoms with van der Waals surface area (Å²) in [6.07, 6.45) is 1.80. The SMILES string of the molecule is CC(C)[C@H](NC(=O)CCOCCOCCOCCOCCOCCOCCN1C(=O)C=CC1=O)C(=O)C[C@@H](CCCNC(N)=O)C(=O)Nc1ccc(COC(=O)Oc2ccc([N+](=O)[O-])cc2)cc1. The number of nitrogens with zero attached hydrogens (tertiary/aromatic N) is 2. The minimum atomic E-state index is -1.02. The Hall–Kier alpha value is -6.37. The molecule has 23 nitrogen and oxygen atoms in total. The molecule has 2 aromatic carbocycles. The number of amides is 6. The molecule has 1 aliphatic heterocycles. The second-order valence-electron chi connectivity index (χ2n) is 15.3. The highest BCUT2D eigenvalue weighted by molar-refractivity contribution is 6.12. The number of rotatable bonds is 36. The van der Waals surface area contributed by atoms with Crippen LogP contribution in [0.5, 0.6) is 5.75 Å². The van der Waals surface area contributed by atoms with Crippen LogP contribution in [0, 0.1) is 22.0 Å². The molecule has 0 aliphatic carbocycles. The van der Waals surface area contributed by atoms with Gasteiger partial charge in [-0.25, -0.2) is 9.59 Å². The van der Waals surface area contributed by atoms with E-state index in [-0.39, 0.29) is 100 Å². The van der Waals surface area contributed by atoms with Crippen molar-refractivity contribution in [2.45, 2.75) is 52.2 Å². The number of benzene rings is 2. The van der Waals surface area contributed by atoms with Crippen LogP contribution < -0.4 is 26.4 Å². The zero-order valence-electron chi connectivity index (χ0n) is 38.4. The predicted molar refractivity (Wildman–Crippen MR) is 241 cm³/mol. The lowest BCUT2D eigenvalue weighted by molar-refractivity contribution is -0.384. The van der Waals surface area contributed by atoms with Gasteiger partial charge in [-0.2, -0.15) is 0 Å². The molecule has 23 heteroatoms. The molecule has 0 fully saturated rings. The fourth-order valence-corrected chi connectivity index (χ4v) is 6.13. The maximum Gasteiger partial charge on any atom is 0.514 e. The Balaban J connectivity index is 1.27. The highest BCUT2D eigenvalue weighted by Crippen LogP contribution is 2.21. The first-order chi connectivity index (χ1) is 32.7. The number of urea groups is 1. The first-order valence-corrected chi connectivity index (χ1v) is 22.1. The largest absolute Gasteiger partial charge is 0.514 e. The van der Waals surface area contributed by atoms with E-state index < -0.39 is 40.9 Å². The molecule has 5 N–H and O–H groups in total. The minimum absolute atomic E-state index is 0.00751. The highest BCUT2D eigenvalue weighted by atomic mass is 16.7. The molecular formula is C45H62N6O17. The molecule has 0 radical (unpaired) electrons. The van der Waals surface area contributed by atoms with Crippen LogP contribution in [0.25, 0.3) is 0 Å². The van der Waals surface area contributed by atoms with Gasteiger partial charge in [-0.1, -0.05) is 26.0 Å². The standard InChI is InChI=1S/C45H62N6O17/c1-32(2)42(49-39(53)15-18-61-20-22-63-24-26-65-28-29-66-27-25-64-23-21-62-19-17-50-40(54)13-14-41(50)55)38(52)30-34(4-3-16-47-44(46)57)43(56)48-35-7-5-33(6-8-35)31-67-45(58)68-37-11-9-36(10-12-37)51(59)60/h5-14,32,34,42H,3-4,15-31H2,1-2H3,(H,48,56)(H,49,53)(H3,46,47,57)/t34-,42+/m1/s1. The maximum absolute atomic E-state index is 13.6. The number of carbonyl (C=O) groups is 7. The number of nitrogens with one attached hydrogen (secondary N) is 3. The van der Waals surface area contributed by atoms with Crippen LogP contribution in [0.3, 0.4) is 0 Å². The summed E-state index contributed by atoms with van der Waals surface area (Å²) >= 11 is 0. The zero-order chi connectivity index (χ0) is 49.5. The topological polar surface area (TPSA) is 302 Å². The Bertz CT molecular complexity index is 1930. The lowest BCUT2D eigenvalue weighted by Gasteiger charge is -2.24. The normalized spacial score (nSPS) is 13.0. The smallest absolute Gasteiger partial charge is 0.429 e. The summed E-state index contributed by atoms with van der Waals surface area (Å²) < 4.78 is 42.9. The molecule has 6 amide bonds. The maximum atomic E-state index is 13.6. The number of anilines is 1. The molecule has 0 spiro atoms. The van der Waals surface area contributed by atoms with Crippen molar-refractivity contribution < 1.29 is 76.4 Å². The number of primary amides is 1. The zero-order valence-corrected chi connectivity index (χ0v) is 38.4. The third kappa shape index (κ3) is 23.4. The molecule has 374 valence electrons. The summed E-state index contributed by atoms with van der Waals surface area (Å²) in [6.45, 7) is 7.48. The second kappa shape index (κ2) is 32.4. The van der Waals surface area contributed by atoms with Crippen molar-refractivity contribution in [3.05, 3.63) is 76.4 Å². The first kappa shape index (κ1) is 56.0. The molecule has 1 aliphatic rings. The van der Waals surface area contributed by atoms with Gasteiger partial charge in [0.1, 0.15) is 12.4 Å². The van der Waals surface area contributed by atoms with E-state index in [2.05, 4.69) is 16.0 Å². The van der Waals surface area contributed by atoms with Gasteiger partial charge in [-0.3, -0.25) is 39.0 Å². The number of imide groups is 1. The van der Waals surface area contributed by atoms with E-state index in [4.69, 9.17) is 43.6 Å². The molecule has 3 rings (SSSR count). The average Bonchev–Trinajstić information content (AvgIpc) is 3.63. The number of nitro groups is 1. The summed E-state index contributed by atoms with van der Waals surface area (Å²) in [5, 5.41) is 18.9. The van der Waals surface area contributed by atoms with Crippen molar-refractivity contribution in [2.75, 3.05) is 97.7 Å². The molecule has 0 saturated carbocycles. The van der Waals surface area contributed by atoms with Gasteiger partial charge in [0.15, 0.2) is 5.78 Å². The van der Waals surface area contributed by atoms with Gasteiger partial charge in [-0.15, -0.1) is 0 Å². The van der Waals surface area contributed by atoms with E-state index in [1.807, 2.05) is 0 Å². The first-order valence-electron chi connectivity index (χ1n) is 22.1. The van der Waals surface area contributed by atoms with Gasteiger partial charge < -0.3 is 59.6 Å². The van der Waals surface area contributed by atoms with Crippen molar-refractivity contribution >= 4 is 53.0 Å². The van der Waals surface area contributed by atoms with Crippen molar-refractivity contribution in [1.82, 2.24) is 15.5 Å². The van der Waals surface area contributed by atoms with Gasteiger partial charge in [0.05, 0.1) is 96.8 Å². The molecule has 1 heterocycles. The number of carbonyl (C=O) groups excluding carboxylic acids is 7. The summed E-state index contributed by atoms with van der Waals surface area (Å²) in [7, 11) is 0. The van der Waals surface area contributed by atoms with Gasteiger partial charge >= 0.3 is 12.2 Å². The van der Waals surface area contributed by atoms with E-state index in [0.29, 0.717) is 70.5 Å². The second-order valence-corrected chi connectivity index (χ2v) is 15.3. The van der Waals surface area contributed by atoms with Crippen LogP contribution in [0.1, 0.15) is 45.1 Å². The summed E-state index contributed by atoms with van der Waals surface area (Å²) in [4.78, 5) is 97.6. The van der Waals surface area contributed by atoms with Crippen molar-refractivity contribution in [2.24, 2.45) is 17.6 Å². The fourth-order valence-electron chi connectivity index (χ4n) is 6.13. The van der Waals surface area contributed by atoms with Crippen molar-refractivity contribution in [3.8, 4) is 5.75 Å². The van der Waals surface area contributed by atoms with E-state index in [0.717, 1.165) is 4.90 Å². The van der Waals surface area contributed by atoms with Gasteiger partial charge in [0.2, 0.25) is 11.8 Å². The Morgan fingerprint density at radius 2 is 1.26 bits per heavy atom. The van der Waals surface area contributed by atoms with Gasteiger partial charge in [0.25, 0.3) is 17.5 Å². The Morgan fingerprint density at radius 1 is 0.735 bits per heavy atom. The summed E-state index contributed by atoms with van der Waals surface area (Å²) in [6, 6.07) is 9.69. The lowest BCUT2D eigenvalue weighted by Crippen LogP contribution is -2.45. The highest BCUT2D eigenvalue weighted by Gasteiger charge is 2.29.